The maximum atomic E-state index is 2.50. The summed E-state index contributed by atoms with van der Waals surface area (Å²) in [6, 6.07) is 9.97. The van der Waals surface area contributed by atoms with Crippen LogP contribution in [0, 0.1) is 5.92 Å². The Bertz CT molecular complexity index is 458. The Morgan fingerprint density at radius 1 is 0.815 bits per heavy atom. The van der Waals surface area contributed by atoms with Crippen LogP contribution in [0.15, 0.2) is 24.3 Å². The molecule has 0 N–H and O–H groups in total. The van der Waals surface area contributed by atoms with E-state index in [0.29, 0.717) is 0 Å². The zero-order valence-electron chi connectivity index (χ0n) is 19.1. The van der Waals surface area contributed by atoms with Gasteiger partial charge in [0.2, 0.25) is 0 Å². The summed E-state index contributed by atoms with van der Waals surface area (Å²) < 4.78 is 0.845. The Labute approximate surface area is 182 Å². The standard InChI is InChI=1S/C25H46IP/c1-7-10-17-27(18-11-8-2,19-12-9-3)21-23-13-15-24(16-14-23)25(26-6)20-22(4)5/h13-16,22,25H,7-12,17-21H2,1-6H3. The molecule has 27 heavy (non-hydrogen) atoms. The fraction of sp³-hybridized carbons (Fsp3) is 0.760. The monoisotopic (exact) mass is 504 g/mol. The number of halogens is 1. The van der Waals surface area contributed by atoms with Crippen LogP contribution in [0.4, 0.5) is 0 Å². The van der Waals surface area contributed by atoms with Gasteiger partial charge in [-0.3, -0.25) is 0 Å². The van der Waals surface area contributed by atoms with E-state index in [0.717, 1.165) is 9.84 Å². The normalized spacial score (nSPS) is 13.4. The molecule has 0 radical (unpaired) electrons. The van der Waals surface area contributed by atoms with E-state index in [1.807, 2.05) is 0 Å². The van der Waals surface area contributed by atoms with E-state index in [1.165, 1.54) is 69.6 Å². The minimum absolute atomic E-state index is 0.274. The quantitative estimate of drug-likeness (QED) is 0.170. The van der Waals surface area contributed by atoms with Crippen molar-refractivity contribution in [3.63, 3.8) is 0 Å². The van der Waals surface area contributed by atoms with Gasteiger partial charge < -0.3 is 0 Å². The van der Waals surface area contributed by atoms with Crippen molar-refractivity contribution in [1.82, 2.24) is 0 Å². The molecule has 0 heterocycles. The fourth-order valence-electron chi connectivity index (χ4n) is 4.04. The SMILES string of the molecule is CCCC[P+](CCCC)(CCCC)Cc1ccc(C(CC(C)C)[I-]C)cc1. The minimum atomic E-state index is -0.829. The van der Waals surface area contributed by atoms with E-state index in [9.17, 15) is 0 Å². The molecule has 1 atom stereocenters. The molecule has 0 saturated carbocycles. The van der Waals surface area contributed by atoms with Gasteiger partial charge in [0.05, 0.1) is 0 Å². The van der Waals surface area contributed by atoms with Gasteiger partial charge in [0.25, 0.3) is 0 Å². The van der Waals surface area contributed by atoms with Crippen LogP contribution in [0.1, 0.15) is 94.6 Å². The third kappa shape index (κ3) is 9.62. The Kier molecular flexibility index (Phi) is 13.5. The van der Waals surface area contributed by atoms with Crippen LogP contribution in [-0.4, -0.2) is 23.4 Å². The van der Waals surface area contributed by atoms with Crippen LogP contribution >= 0.6 is 7.26 Å². The summed E-state index contributed by atoms with van der Waals surface area (Å²) in [4.78, 5) is 2.45. The van der Waals surface area contributed by atoms with Gasteiger partial charge in [0.15, 0.2) is 0 Å². The first-order chi connectivity index (χ1) is 13.0. The molecule has 0 aliphatic heterocycles. The van der Waals surface area contributed by atoms with Crippen LogP contribution in [0.5, 0.6) is 0 Å². The summed E-state index contributed by atoms with van der Waals surface area (Å²) in [7, 11) is -0.829. The Balaban J connectivity index is 2.94. The molecule has 1 unspecified atom stereocenters. The van der Waals surface area contributed by atoms with E-state index >= 15 is 0 Å². The van der Waals surface area contributed by atoms with Crippen LogP contribution in [-0.2, 0) is 6.16 Å². The first-order valence-corrected chi connectivity index (χ1v) is 17.4. The summed E-state index contributed by atoms with van der Waals surface area (Å²) in [6.45, 7) is 11.8. The molecule has 1 rings (SSSR count). The van der Waals surface area contributed by atoms with Crippen molar-refractivity contribution in [3.05, 3.63) is 35.4 Å². The average molecular weight is 505 g/mol. The third-order valence-corrected chi connectivity index (χ3v) is 13.3. The first-order valence-electron chi connectivity index (χ1n) is 11.4. The predicted molar refractivity (Wildman–Crippen MR) is 125 cm³/mol. The molecule has 1 aromatic carbocycles. The van der Waals surface area contributed by atoms with Gasteiger partial charge in [-0.25, -0.2) is 0 Å². The topological polar surface area (TPSA) is 0 Å². The van der Waals surface area contributed by atoms with E-state index in [4.69, 9.17) is 0 Å². The van der Waals surface area contributed by atoms with Gasteiger partial charge in [-0.1, -0.05) is 0 Å². The predicted octanol–water partition coefficient (Wildman–Crippen LogP) is 5.41. The van der Waals surface area contributed by atoms with E-state index in [2.05, 4.69) is 63.8 Å². The molecule has 2 heteroatoms. The number of hydrogen-bond acceptors (Lipinski definition) is 0. The van der Waals surface area contributed by atoms with Crippen molar-refractivity contribution < 1.29 is 21.2 Å². The van der Waals surface area contributed by atoms with Crippen molar-refractivity contribution in [2.24, 2.45) is 5.92 Å². The fourth-order valence-corrected chi connectivity index (χ4v) is 11.8. The number of alkyl halides is 2. The van der Waals surface area contributed by atoms with Crippen LogP contribution < -0.4 is 21.2 Å². The van der Waals surface area contributed by atoms with Gasteiger partial charge in [0, 0.05) is 0 Å². The number of benzene rings is 1. The van der Waals surface area contributed by atoms with Gasteiger partial charge in [0.1, 0.15) is 0 Å². The molecular formula is C25H46IP. The van der Waals surface area contributed by atoms with Gasteiger partial charge in [-0.05, 0) is 0 Å². The number of hydrogen-bond donors (Lipinski definition) is 0. The Morgan fingerprint density at radius 2 is 1.30 bits per heavy atom. The van der Waals surface area contributed by atoms with Crippen molar-refractivity contribution in [2.45, 2.75) is 89.7 Å². The zero-order valence-corrected chi connectivity index (χ0v) is 22.1. The molecule has 0 bridgehead atoms. The van der Waals surface area contributed by atoms with E-state index in [-0.39, 0.29) is 21.2 Å². The van der Waals surface area contributed by atoms with Gasteiger partial charge in [-0.2, -0.15) is 0 Å². The molecule has 0 aliphatic carbocycles. The molecule has 0 aliphatic rings. The van der Waals surface area contributed by atoms with Gasteiger partial charge in [-0.15, -0.1) is 0 Å². The van der Waals surface area contributed by atoms with Gasteiger partial charge >= 0.3 is 183 Å². The second-order valence-electron chi connectivity index (χ2n) is 8.79. The van der Waals surface area contributed by atoms with Crippen molar-refractivity contribution in [3.8, 4) is 0 Å². The summed E-state index contributed by atoms with van der Waals surface area (Å²) in [6.07, 6.45) is 15.8. The molecule has 0 nitrogen and oxygen atoms in total. The third-order valence-electron chi connectivity index (χ3n) is 5.76. The molecule has 0 spiro atoms. The van der Waals surface area contributed by atoms with E-state index in [1.54, 1.807) is 11.1 Å². The molecule has 0 aromatic heterocycles. The molecule has 158 valence electrons. The second kappa shape index (κ2) is 14.4. The summed E-state index contributed by atoms with van der Waals surface area (Å²) >= 11 is 0.274. The zero-order chi connectivity index (χ0) is 20.1. The Morgan fingerprint density at radius 3 is 1.67 bits per heavy atom. The molecule has 1 aromatic rings. The van der Waals surface area contributed by atoms with Crippen LogP contribution in [0.25, 0.3) is 0 Å². The van der Waals surface area contributed by atoms with Crippen molar-refractivity contribution in [2.75, 3.05) is 23.4 Å². The van der Waals surface area contributed by atoms with Crippen LogP contribution in [0.2, 0.25) is 0 Å². The summed E-state index contributed by atoms with van der Waals surface area (Å²) in [5.74, 6) is 0.810. The summed E-state index contributed by atoms with van der Waals surface area (Å²) in [5.41, 5.74) is 3.25. The Hall–Kier alpha value is 0.380. The second-order valence-corrected chi connectivity index (χ2v) is 15.9. The maximum absolute atomic E-state index is 2.50. The molecule has 0 fully saturated rings. The van der Waals surface area contributed by atoms with Crippen molar-refractivity contribution in [1.29, 1.82) is 0 Å². The first kappa shape index (κ1) is 25.4. The van der Waals surface area contributed by atoms with E-state index < -0.39 is 7.26 Å². The number of rotatable bonds is 15. The molecular weight excluding hydrogens is 458 g/mol. The molecule has 0 saturated heterocycles. The summed E-state index contributed by atoms with van der Waals surface area (Å²) in [5, 5.41) is 0. The van der Waals surface area contributed by atoms with Crippen LogP contribution in [0.3, 0.4) is 0 Å². The number of unbranched alkanes of at least 4 members (excludes halogenated alkanes) is 3. The van der Waals surface area contributed by atoms with Crippen molar-refractivity contribution >= 4 is 7.26 Å². The average Bonchev–Trinajstić information content (AvgIpc) is 2.67. The molecule has 0 amide bonds.